The van der Waals surface area contributed by atoms with E-state index >= 15 is 0 Å². The summed E-state index contributed by atoms with van der Waals surface area (Å²) in [7, 11) is -3.64. The van der Waals surface area contributed by atoms with E-state index < -0.39 is 10.0 Å². The second-order valence-corrected chi connectivity index (χ2v) is 11.0. The second-order valence-electron chi connectivity index (χ2n) is 8.68. The normalized spacial score (nSPS) is 16.4. The molecule has 0 aromatic heterocycles. The Morgan fingerprint density at radius 1 is 1.10 bits per heavy atom. The zero-order valence-corrected chi connectivity index (χ0v) is 19.8. The first-order valence-corrected chi connectivity index (χ1v) is 12.1. The molecule has 0 radical (unpaired) electrons. The summed E-state index contributed by atoms with van der Waals surface area (Å²) in [5.74, 6) is -0.206. The Bertz CT molecular complexity index is 809. The van der Waals surface area contributed by atoms with Gasteiger partial charge in [0.2, 0.25) is 10.0 Å². The Morgan fingerprint density at radius 2 is 1.69 bits per heavy atom. The molecule has 164 valence electrons. The molecule has 1 aliphatic rings. The maximum atomic E-state index is 13.0. The fraction of sp³-hybridized carbons (Fsp3) is 0.667. The number of carbonyl (C=O) groups is 1. The Hall–Kier alpha value is -1.15. The Balaban J connectivity index is 2.12. The molecule has 1 saturated heterocycles. The van der Waals surface area contributed by atoms with E-state index in [1.54, 1.807) is 18.7 Å². The van der Waals surface area contributed by atoms with Gasteiger partial charge in [-0.2, -0.15) is 4.31 Å². The fourth-order valence-electron chi connectivity index (χ4n) is 3.38. The lowest BCUT2D eigenvalue weighted by Crippen LogP contribution is -2.49. The highest BCUT2D eigenvalue weighted by atomic mass is 35.5. The van der Waals surface area contributed by atoms with Crippen LogP contribution >= 0.6 is 11.6 Å². The Labute approximate surface area is 180 Å². The maximum absolute atomic E-state index is 13.0. The Morgan fingerprint density at radius 3 is 2.21 bits per heavy atom. The summed E-state index contributed by atoms with van der Waals surface area (Å²) in [6.07, 6.45) is 1.11. The molecule has 1 aliphatic heterocycles. The van der Waals surface area contributed by atoms with Crippen molar-refractivity contribution < 1.29 is 13.2 Å². The third-order valence-electron chi connectivity index (χ3n) is 5.35. The Kier molecular flexibility index (Phi) is 8.13. The third-order valence-corrected chi connectivity index (χ3v) is 7.72. The van der Waals surface area contributed by atoms with Crippen molar-refractivity contribution in [1.82, 2.24) is 14.1 Å². The molecule has 1 fully saturated rings. The van der Waals surface area contributed by atoms with Gasteiger partial charge in [0.1, 0.15) is 0 Å². The summed E-state index contributed by atoms with van der Waals surface area (Å²) >= 11 is 6.27. The molecule has 0 N–H and O–H groups in total. The number of hydrogen-bond acceptors (Lipinski definition) is 4. The molecule has 0 atom stereocenters. The molecule has 0 spiro atoms. The van der Waals surface area contributed by atoms with E-state index in [1.165, 1.54) is 22.5 Å². The number of hydrogen-bond donors (Lipinski definition) is 0. The first kappa shape index (κ1) is 24.1. The highest BCUT2D eigenvalue weighted by molar-refractivity contribution is 7.89. The van der Waals surface area contributed by atoms with Gasteiger partial charge in [0.25, 0.3) is 5.91 Å². The van der Waals surface area contributed by atoms with Crippen molar-refractivity contribution in [2.75, 3.05) is 45.8 Å². The highest BCUT2D eigenvalue weighted by Crippen LogP contribution is 2.25. The summed E-state index contributed by atoms with van der Waals surface area (Å²) in [6, 6.07) is 4.40. The first-order valence-electron chi connectivity index (χ1n) is 10.3. The van der Waals surface area contributed by atoms with Gasteiger partial charge in [0.05, 0.1) is 15.5 Å². The van der Waals surface area contributed by atoms with E-state index in [0.29, 0.717) is 26.2 Å². The molecule has 1 aromatic carbocycles. The number of halogens is 1. The first-order chi connectivity index (χ1) is 13.5. The van der Waals surface area contributed by atoms with Crippen LogP contribution in [0.4, 0.5) is 0 Å². The standard InChI is InChI=1S/C21H34ClN3O3S/c1-6-25(7-2)29(27,28)17-8-9-19(22)18(16-17)20(26)24-14-12-23(13-15-24)11-10-21(3,4)5/h8-9,16H,6-7,10-15H2,1-5H3. The number of benzene rings is 1. The van der Waals surface area contributed by atoms with E-state index in [0.717, 1.165) is 26.1 Å². The number of piperazine rings is 1. The second kappa shape index (κ2) is 9.77. The van der Waals surface area contributed by atoms with Crippen LogP contribution < -0.4 is 0 Å². The van der Waals surface area contributed by atoms with Crippen molar-refractivity contribution in [2.24, 2.45) is 5.41 Å². The number of carbonyl (C=O) groups excluding carboxylic acids is 1. The van der Waals surface area contributed by atoms with Crippen LogP contribution in [0, 0.1) is 5.41 Å². The lowest BCUT2D eigenvalue weighted by Gasteiger charge is -2.36. The summed E-state index contributed by atoms with van der Waals surface area (Å²) in [6.45, 7) is 14.9. The molecule has 2 rings (SSSR count). The lowest BCUT2D eigenvalue weighted by atomic mass is 9.92. The minimum Gasteiger partial charge on any atom is -0.336 e. The van der Waals surface area contributed by atoms with Crippen molar-refractivity contribution in [2.45, 2.75) is 45.9 Å². The van der Waals surface area contributed by atoms with Crippen LogP contribution in [0.2, 0.25) is 5.02 Å². The van der Waals surface area contributed by atoms with Gasteiger partial charge in [-0.05, 0) is 36.6 Å². The quantitative estimate of drug-likeness (QED) is 0.646. The van der Waals surface area contributed by atoms with Crippen molar-refractivity contribution in [3.63, 3.8) is 0 Å². The van der Waals surface area contributed by atoms with Crippen LogP contribution in [0.25, 0.3) is 0 Å². The number of amides is 1. The fourth-order valence-corrected chi connectivity index (χ4v) is 5.06. The largest absolute Gasteiger partial charge is 0.336 e. The summed E-state index contributed by atoms with van der Waals surface area (Å²) in [5, 5.41) is 0.281. The number of nitrogens with zero attached hydrogens (tertiary/aromatic N) is 3. The topological polar surface area (TPSA) is 60.9 Å². The van der Waals surface area contributed by atoms with E-state index in [9.17, 15) is 13.2 Å². The van der Waals surface area contributed by atoms with Gasteiger partial charge in [0.15, 0.2) is 0 Å². The molecule has 1 heterocycles. The lowest BCUT2D eigenvalue weighted by molar-refractivity contribution is 0.0623. The van der Waals surface area contributed by atoms with Gasteiger partial charge in [-0.1, -0.05) is 46.2 Å². The predicted molar refractivity (Wildman–Crippen MR) is 118 cm³/mol. The van der Waals surface area contributed by atoms with Crippen molar-refractivity contribution in [1.29, 1.82) is 0 Å². The molecule has 0 saturated carbocycles. The molecular formula is C21H34ClN3O3S. The van der Waals surface area contributed by atoms with Crippen molar-refractivity contribution >= 4 is 27.5 Å². The third kappa shape index (κ3) is 6.17. The van der Waals surface area contributed by atoms with Gasteiger partial charge >= 0.3 is 0 Å². The average Bonchev–Trinajstić information content (AvgIpc) is 2.66. The minimum atomic E-state index is -3.64. The van der Waals surface area contributed by atoms with E-state index in [1.807, 2.05) is 0 Å². The van der Waals surface area contributed by atoms with Crippen LogP contribution in [-0.4, -0.2) is 74.2 Å². The van der Waals surface area contributed by atoms with Gasteiger partial charge in [-0.25, -0.2) is 8.42 Å². The molecule has 1 aromatic rings. The number of rotatable bonds is 7. The zero-order valence-electron chi connectivity index (χ0n) is 18.2. The van der Waals surface area contributed by atoms with Crippen LogP contribution in [0.5, 0.6) is 0 Å². The van der Waals surface area contributed by atoms with Crippen LogP contribution in [0.1, 0.15) is 51.4 Å². The van der Waals surface area contributed by atoms with E-state index in [2.05, 4.69) is 25.7 Å². The van der Waals surface area contributed by atoms with Crippen LogP contribution in [-0.2, 0) is 10.0 Å². The smallest absolute Gasteiger partial charge is 0.255 e. The van der Waals surface area contributed by atoms with Crippen molar-refractivity contribution in [3.05, 3.63) is 28.8 Å². The van der Waals surface area contributed by atoms with Gasteiger partial charge in [-0.3, -0.25) is 9.69 Å². The monoisotopic (exact) mass is 443 g/mol. The molecule has 6 nitrogen and oxygen atoms in total. The van der Waals surface area contributed by atoms with E-state index in [4.69, 9.17) is 11.6 Å². The van der Waals surface area contributed by atoms with Gasteiger partial charge < -0.3 is 4.90 Å². The number of sulfonamides is 1. The minimum absolute atomic E-state index is 0.109. The van der Waals surface area contributed by atoms with Crippen LogP contribution in [0.15, 0.2) is 23.1 Å². The maximum Gasteiger partial charge on any atom is 0.255 e. The average molecular weight is 444 g/mol. The molecule has 0 aliphatic carbocycles. The van der Waals surface area contributed by atoms with Crippen LogP contribution in [0.3, 0.4) is 0 Å². The molecular weight excluding hydrogens is 410 g/mol. The van der Waals surface area contributed by atoms with Crippen molar-refractivity contribution in [3.8, 4) is 0 Å². The zero-order chi connectivity index (χ0) is 21.8. The molecule has 29 heavy (non-hydrogen) atoms. The SMILES string of the molecule is CCN(CC)S(=O)(=O)c1ccc(Cl)c(C(=O)N2CCN(CCC(C)(C)C)CC2)c1. The van der Waals surface area contributed by atoms with E-state index in [-0.39, 0.29) is 26.8 Å². The summed E-state index contributed by atoms with van der Waals surface area (Å²) in [5.41, 5.74) is 0.542. The molecule has 0 bridgehead atoms. The molecule has 1 amide bonds. The molecule has 0 unspecified atom stereocenters. The highest BCUT2D eigenvalue weighted by Gasteiger charge is 2.27. The molecule has 8 heteroatoms. The van der Waals surface area contributed by atoms with Gasteiger partial charge in [-0.15, -0.1) is 0 Å². The summed E-state index contributed by atoms with van der Waals surface area (Å²) in [4.78, 5) is 17.3. The predicted octanol–water partition coefficient (Wildman–Crippen LogP) is 3.56. The summed E-state index contributed by atoms with van der Waals surface area (Å²) < 4.78 is 27.0. The van der Waals surface area contributed by atoms with Gasteiger partial charge in [0, 0.05) is 39.3 Å².